The van der Waals surface area contributed by atoms with Gasteiger partial charge in [0.25, 0.3) is 0 Å². The van der Waals surface area contributed by atoms with E-state index >= 15 is 0 Å². The number of para-hydroxylation sites is 2. The molecule has 0 radical (unpaired) electrons. The highest BCUT2D eigenvalue weighted by molar-refractivity contribution is 7.93. The SMILES string of the molecule is CCO[C@@H](c1ncc(Cl)cn1)[C@@H](C)S(=O)(=O)Nc1nnc(-c2ccn(C)n2)n1-c1c(OC)cccc1OC.CCO[C@H](c1ncc(Cl)cn1)[C@H](C)S(=O)(=O)Nc1nnc(-c2ccn(C)n2)n1-c1c(OC)cccc1OC. The molecule has 0 aliphatic heterocycles. The van der Waals surface area contributed by atoms with Crippen LogP contribution in [-0.4, -0.2) is 138 Å². The molecule has 0 amide bonds. The van der Waals surface area contributed by atoms with Crippen LogP contribution in [0.4, 0.5) is 11.9 Å². The first-order valence-corrected chi connectivity index (χ1v) is 26.8. The van der Waals surface area contributed by atoms with E-state index < -0.39 is 42.8 Å². The van der Waals surface area contributed by atoms with Crippen LogP contribution in [0.5, 0.6) is 23.0 Å². The molecule has 0 saturated heterocycles. The standard InChI is InChI=1S/2C23H27ClN8O5S/c2*1-6-37-20(21-25-12-15(24)13-26-21)14(2)38(33,34)30-23-28-27-22(16-10-11-31(3)29-16)32(23)19-17(35-4)8-7-9-18(19)36-5/h2*7-14,20H,6H2,1-5H3,(H,28,30)/t2*14-,20-/m10/s1. The van der Waals surface area contributed by atoms with E-state index in [0.717, 1.165) is 0 Å². The number of nitrogens with zero attached hydrogens (tertiary/aromatic N) is 14. The lowest BCUT2D eigenvalue weighted by Crippen LogP contribution is -2.34. The Morgan fingerprint density at radius 3 is 1.14 bits per heavy atom. The maximum absolute atomic E-state index is 13.7. The van der Waals surface area contributed by atoms with Gasteiger partial charge < -0.3 is 28.4 Å². The minimum absolute atomic E-state index is 0.104. The fraction of sp³-hybridized carbons (Fsp3) is 0.348. The van der Waals surface area contributed by atoms with Crippen molar-refractivity contribution in [3.8, 4) is 57.4 Å². The predicted molar refractivity (Wildman–Crippen MR) is 280 cm³/mol. The van der Waals surface area contributed by atoms with Gasteiger partial charge in [-0.15, -0.1) is 20.4 Å². The van der Waals surface area contributed by atoms with Crippen molar-refractivity contribution in [1.29, 1.82) is 0 Å². The van der Waals surface area contributed by atoms with Gasteiger partial charge in [0.1, 0.15) is 68.5 Å². The molecule has 2 aromatic carbocycles. The van der Waals surface area contributed by atoms with Crippen LogP contribution in [0.1, 0.15) is 51.6 Å². The molecule has 0 spiro atoms. The topological polar surface area (TPSA) is 296 Å². The van der Waals surface area contributed by atoms with Gasteiger partial charge in [-0.05, 0) is 64.1 Å². The number of rotatable bonds is 22. The average Bonchev–Trinajstić information content (AvgIpc) is 4.24. The van der Waals surface area contributed by atoms with Crippen LogP contribution in [0.2, 0.25) is 10.0 Å². The third kappa shape index (κ3) is 12.3. The number of hydrogen-bond donors (Lipinski definition) is 2. The number of methoxy groups -OCH3 is 4. The van der Waals surface area contributed by atoms with E-state index in [1.54, 1.807) is 98.2 Å². The molecule has 4 atom stereocenters. The Labute approximate surface area is 447 Å². The molecule has 8 rings (SSSR count). The number of aryl methyl sites for hydroxylation is 2. The molecule has 26 nitrogen and oxygen atoms in total. The van der Waals surface area contributed by atoms with Crippen molar-refractivity contribution in [2.75, 3.05) is 51.1 Å². The normalized spacial score (nSPS) is 13.2. The predicted octanol–water partition coefficient (Wildman–Crippen LogP) is 6.07. The molecule has 404 valence electrons. The summed E-state index contributed by atoms with van der Waals surface area (Å²) < 4.78 is 99.7. The number of hydrogen-bond acceptors (Lipinski definition) is 20. The Bertz CT molecular complexity index is 3200. The summed E-state index contributed by atoms with van der Waals surface area (Å²) in [5, 5.41) is 24.0. The lowest BCUT2D eigenvalue weighted by molar-refractivity contribution is 0.0557. The summed E-state index contributed by atoms with van der Waals surface area (Å²) in [6.07, 6.45) is 7.03. The molecular weight excluding hydrogens is 1070 g/mol. The minimum Gasteiger partial charge on any atom is -0.494 e. The average molecular weight is 1130 g/mol. The van der Waals surface area contributed by atoms with Gasteiger partial charge in [0.05, 0.1) is 38.5 Å². The minimum atomic E-state index is -4.14. The quantitative estimate of drug-likeness (QED) is 0.0778. The van der Waals surface area contributed by atoms with Gasteiger partial charge in [0, 0.05) is 64.5 Å². The van der Waals surface area contributed by atoms with E-state index in [9.17, 15) is 16.8 Å². The molecule has 0 unspecified atom stereocenters. The van der Waals surface area contributed by atoms with Crippen LogP contribution in [0.25, 0.3) is 34.4 Å². The number of ether oxygens (including phenoxy) is 6. The summed E-state index contributed by atoms with van der Waals surface area (Å²) in [5.41, 5.74) is 1.67. The van der Waals surface area contributed by atoms with E-state index in [-0.39, 0.29) is 48.4 Å². The first kappa shape index (κ1) is 56.2. The number of aromatic nitrogens is 14. The zero-order chi connectivity index (χ0) is 54.9. The molecular formula is C46H54Cl2N16O10S2. The first-order chi connectivity index (χ1) is 36.4. The number of sulfonamides is 2. The summed E-state index contributed by atoms with van der Waals surface area (Å²) in [4.78, 5) is 16.6. The number of nitrogens with one attached hydrogen (secondary N) is 2. The Kier molecular flexibility index (Phi) is 18.1. The van der Waals surface area contributed by atoms with Gasteiger partial charge in [0.2, 0.25) is 31.9 Å². The van der Waals surface area contributed by atoms with Gasteiger partial charge in [-0.3, -0.25) is 27.9 Å². The van der Waals surface area contributed by atoms with Crippen molar-refractivity contribution in [1.82, 2.24) is 69.0 Å². The molecule has 76 heavy (non-hydrogen) atoms. The maximum atomic E-state index is 13.7. The summed E-state index contributed by atoms with van der Waals surface area (Å²) in [7, 11) is 1.20. The molecule has 6 heterocycles. The van der Waals surface area contributed by atoms with Crippen molar-refractivity contribution >= 4 is 55.1 Å². The first-order valence-electron chi connectivity index (χ1n) is 22.9. The molecule has 0 aliphatic rings. The third-order valence-electron chi connectivity index (χ3n) is 11.2. The summed E-state index contributed by atoms with van der Waals surface area (Å²) in [6, 6.07) is 13.8. The molecule has 2 N–H and O–H groups in total. The number of halogens is 2. The monoisotopic (exact) mass is 1120 g/mol. The Morgan fingerprint density at radius 1 is 0.539 bits per heavy atom. The van der Waals surface area contributed by atoms with E-state index in [1.807, 2.05) is 0 Å². The number of benzene rings is 2. The molecule has 0 aliphatic carbocycles. The van der Waals surface area contributed by atoms with Gasteiger partial charge in [0.15, 0.2) is 23.3 Å². The van der Waals surface area contributed by atoms with Gasteiger partial charge in [-0.2, -0.15) is 10.2 Å². The molecule has 0 fully saturated rings. The third-order valence-corrected chi connectivity index (χ3v) is 15.0. The fourth-order valence-corrected chi connectivity index (χ4v) is 9.92. The molecule has 6 aromatic heterocycles. The number of anilines is 2. The van der Waals surface area contributed by atoms with Gasteiger partial charge in [-0.25, -0.2) is 36.8 Å². The maximum Gasteiger partial charge on any atom is 0.243 e. The Balaban J connectivity index is 0.000000221. The second kappa shape index (κ2) is 24.4. The lowest BCUT2D eigenvalue weighted by Gasteiger charge is -2.23. The fourth-order valence-electron chi connectivity index (χ4n) is 7.53. The summed E-state index contributed by atoms with van der Waals surface area (Å²) >= 11 is 11.8. The Morgan fingerprint density at radius 2 is 0.868 bits per heavy atom. The van der Waals surface area contributed by atoms with Crippen LogP contribution in [0.15, 0.2) is 85.7 Å². The highest BCUT2D eigenvalue weighted by atomic mass is 35.5. The lowest BCUT2D eigenvalue weighted by atomic mass is 10.2. The van der Waals surface area contributed by atoms with Crippen molar-refractivity contribution in [2.45, 2.75) is 50.4 Å². The highest BCUT2D eigenvalue weighted by Gasteiger charge is 2.37. The van der Waals surface area contributed by atoms with E-state index in [1.165, 1.54) is 76.2 Å². The second-order valence-corrected chi connectivity index (χ2v) is 21.1. The zero-order valence-corrected chi connectivity index (χ0v) is 45.9. The summed E-state index contributed by atoms with van der Waals surface area (Å²) in [6.45, 7) is 6.94. The van der Waals surface area contributed by atoms with Crippen LogP contribution >= 0.6 is 23.2 Å². The molecule has 8 aromatic rings. The van der Waals surface area contributed by atoms with Crippen molar-refractivity contribution < 1.29 is 45.3 Å². The second-order valence-electron chi connectivity index (χ2n) is 16.1. The van der Waals surface area contributed by atoms with Gasteiger partial charge >= 0.3 is 0 Å². The Hall–Kier alpha value is -7.50. The van der Waals surface area contributed by atoms with Crippen LogP contribution in [0, 0.1) is 0 Å². The molecule has 0 bridgehead atoms. The zero-order valence-electron chi connectivity index (χ0n) is 42.7. The van der Waals surface area contributed by atoms with Crippen LogP contribution in [-0.2, 0) is 43.6 Å². The van der Waals surface area contributed by atoms with E-state index in [2.05, 4.69) is 60.0 Å². The van der Waals surface area contributed by atoms with Crippen molar-refractivity contribution in [2.24, 2.45) is 14.1 Å². The van der Waals surface area contributed by atoms with Crippen molar-refractivity contribution in [3.63, 3.8) is 0 Å². The largest absolute Gasteiger partial charge is 0.494 e. The van der Waals surface area contributed by atoms with Gasteiger partial charge in [-0.1, -0.05) is 35.3 Å². The highest BCUT2D eigenvalue weighted by Crippen LogP contribution is 2.40. The van der Waals surface area contributed by atoms with Crippen LogP contribution < -0.4 is 28.4 Å². The smallest absolute Gasteiger partial charge is 0.243 e. The summed E-state index contributed by atoms with van der Waals surface area (Å²) in [5.74, 6) is 2.27. The van der Waals surface area contributed by atoms with E-state index in [0.29, 0.717) is 55.8 Å². The molecule has 0 saturated carbocycles. The molecule has 30 heteroatoms. The van der Waals surface area contributed by atoms with E-state index in [4.69, 9.17) is 51.6 Å². The van der Waals surface area contributed by atoms with Crippen molar-refractivity contribution in [3.05, 3.63) is 107 Å². The van der Waals surface area contributed by atoms with Crippen LogP contribution in [0.3, 0.4) is 0 Å².